The lowest BCUT2D eigenvalue weighted by Crippen LogP contribution is -2.27. The monoisotopic (exact) mass is 310 g/mol. The Labute approximate surface area is 129 Å². The summed E-state index contributed by atoms with van der Waals surface area (Å²) in [6.45, 7) is 7.19. The SMILES string of the molecule is CC(SCC(=O)OC(C)(C)C)C(=O)Nc1ccc(N)cc1. The lowest BCUT2D eigenvalue weighted by Gasteiger charge is -2.20. The summed E-state index contributed by atoms with van der Waals surface area (Å²) < 4.78 is 5.19. The van der Waals surface area contributed by atoms with Crippen LogP contribution in [-0.4, -0.2) is 28.5 Å². The first-order chi connectivity index (χ1) is 9.67. The summed E-state index contributed by atoms with van der Waals surface area (Å²) in [7, 11) is 0. The van der Waals surface area contributed by atoms with Crippen LogP contribution in [0.2, 0.25) is 0 Å². The molecule has 0 bridgehead atoms. The molecule has 1 amide bonds. The molecule has 0 aromatic heterocycles. The Morgan fingerprint density at radius 2 is 1.86 bits per heavy atom. The molecular weight excluding hydrogens is 288 g/mol. The Morgan fingerprint density at radius 3 is 2.38 bits per heavy atom. The van der Waals surface area contributed by atoms with Crippen molar-refractivity contribution >= 4 is 35.0 Å². The molecule has 1 aromatic carbocycles. The molecule has 6 heteroatoms. The van der Waals surface area contributed by atoms with Gasteiger partial charge in [-0.05, 0) is 52.0 Å². The van der Waals surface area contributed by atoms with Gasteiger partial charge in [0.2, 0.25) is 5.91 Å². The van der Waals surface area contributed by atoms with Gasteiger partial charge in [-0.2, -0.15) is 0 Å². The molecule has 1 atom stereocenters. The third-order valence-corrected chi connectivity index (χ3v) is 3.54. The number of hydrogen-bond donors (Lipinski definition) is 2. The quantitative estimate of drug-likeness (QED) is 0.645. The van der Waals surface area contributed by atoms with Crippen LogP contribution >= 0.6 is 11.8 Å². The largest absolute Gasteiger partial charge is 0.459 e. The highest BCUT2D eigenvalue weighted by atomic mass is 32.2. The summed E-state index contributed by atoms with van der Waals surface area (Å²) in [6, 6.07) is 6.90. The van der Waals surface area contributed by atoms with Crippen LogP contribution in [0.1, 0.15) is 27.7 Å². The minimum Gasteiger partial charge on any atom is -0.459 e. The van der Waals surface area contributed by atoms with Gasteiger partial charge in [-0.1, -0.05) is 0 Å². The molecule has 21 heavy (non-hydrogen) atoms. The maximum absolute atomic E-state index is 12.0. The van der Waals surface area contributed by atoms with Crippen molar-refractivity contribution in [2.45, 2.75) is 38.5 Å². The van der Waals surface area contributed by atoms with Crippen LogP contribution < -0.4 is 11.1 Å². The molecular formula is C15H22N2O3S. The maximum Gasteiger partial charge on any atom is 0.316 e. The average molecular weight is 310 g/mol. The number of ether oxygens (including phenoxy) is 1. The van der Waals surface area contributed by atoms with E-state index in [9.17, 15) is 9.59 Å². The van der Waals surface area contributed by atoms with Gasteiger partial charge in [0.25, 0.3) is 0 Å². The number of benzene rings is 1. The standard InChI is InChI=1S/C15H22N2O3S/c1-10(21-9-13(18)20-15(2,3)4)14(19)17-12-7-5-11(16)6-8-12/h5-8,10H,9,16H2,1-4H3,(H,17,19). The van der Waals surface area contributed by atoms with Gasteiger partial charge in [-0.15, -0.1) is 11.8 Å². The minimum atomic E-state index is -0.507. The number of amides is 1. The number of esters is 1. The lowest BCUT2D eigenvalue weighted by atomic mass is 10.2. The number of rotatable bonds is 5. The van der Waals surface area contributed by atoms with Crippen LogP contribution in [0.25, 0.3) is 0 Å². The molecule has 0 saturated heterocycles. The van der Waals surface area contributed by atoms with E-state index in [0.29, 0.717) is 11.4 Å². The van der Waals surface area contributed by atoms with E-state index in [1.165, 1.54) is 11.8 Å². The van der Waals surface area contributed by atoms with Crippen molar-refractivity contribution in [3.63, 3.8) is 0 Å². The highest BCUT2D eigenvalue weighted by Crippen LogP contribution is 2.17. The van der Waals surface area contributed by atoms with E-state index in [1.807, 2.05) is 20.8 Å². The molecule has 116 valence electrons. The predicted molar refractivity (Wildman–Crippen MR) is 87.2 cm³/mol. The zero-order valence-corrected chi connectivity index (χ0v) is 13.6. The van der Waals surface area contributed by atoms with Gasteiger partial charge in [-0.25, -0.2) is 0 Å². The van der Waals surface area contributed by atoms with Gasteiger partial charge in [0, 0.05) is 11.4 Å². The summed E-state index contributed by atoms with van der Waals surface area (Å²) in [5, 5.41) is 2.42. The number of carbonyl (C=O) groups excluding carboxylic acids is 2. The van der Waals surface area contributed by atoms with Crippen LogP contribution in [0.3, 0.4) is 0 Å². The van der Waals surface area contributed by atoms with E-state index in [-0.39, 0.29) is 22.9 Å². The molecule has 0 aliphatic heterocycles. The van der Waals surface area contributed by atoms with E-state index < -0.39 is 5.60 Å². The van der Waals surface area contributed by atoms with E-state index in [4.69, 9.17) is 10.5 Å². The normalized spacial score (nSPS) is 12.6. The Hall–Kier alpha value is -1.69. The Balaban J connectivity index is 2.41. The van der Waals surface area contributed by atoms with Crippen LogP contribution in [-0.2, 0) is 14.3 Å². The second-order valence-electron chi connectivity index (χ2n) is 5.65. The van der Waals surface area contributed by atoms with Gasteiger partial charge < -0.3 is 15.8 Å². The van der Waals surface area contributed by atoms with Gasteiger partial charge in [-0.3, -0.25) is 9.59 Å². The second kappa shape index (κ2) is 7.36. The van der Waals surface area contributed by atoms with Crippen molar-refractivity contribution in [3.8, 4) is 0 Å². The topological polar surface area (TPSA) is 81.4 Å². The zero-order valence-electron chi connectivity index (χ0n) is 12.8. The van der Waals surface area contributed by atoms with Crippen molar-refractivity contribution in [1.82, 2.24) is 0 Å². The van der Waals surface area contributed by atoms with Gasteiger partial charge >= 0.3 is 5.97 Å². The first kappa shape index (κ1) is 17.4. The molecule has 0 saturated carbocycles. The molecule has 1 aromatic rings. The van der Waals surface area contributed by atoms with Crippen molar-refractivity contribution in [2.24, 2.45) is 0 Å². The minimum absolute atomic E-state index is 0.146. The predicted octanol–water partition coefficient (Wildman–Crippen LogP) is 2.67. The number of nitrogen functional groups attached to an aromatic ring is 1. The van der Waals surface area contributed by atoms with Crippen LogP contribution in [0.4, 0.5) is 11.4 Å². The fourth-order valence-electron chi connectivity index (χ4n) is 1.45. The molecule has 3 N–H and O–H groups in total. The van der Waals surface area contributed by atoms with Crippen LogP contribution in [0.15, 0.2) is 24.3 Å². The maximum atomic E-state index is 12.0. The van der Waals surface area contributed by atoms with E-state index in [0.717, 1.165) is 0 Å². The zero-order chi connectivity index (χ0) is 16.0. The number of carbonyl (C=O) groups is 2. The van der Waals surface area contributed by atoms with E-state index in [2.05, 4.69) is 5.32 Å². The fourth-order valence-corrected chi connectivity index (χ4v) is 2.11. The highest BCUT2D eigenvalue weighted by Gasteiger charge is 2.19. The third kappa shape index (κ3) is 7.04. The molecule has 0 fully saturated rings. The number of thioether (sulfide) groups is 1. The van der Waals surface area contributed by atoms with Crippen molar-refractivity contribution in [2.75, 3.05) is 16.8 Å². The molecule has 0 aliphatic rings. The number of nitrogens with one attached hydrogen (secondary N) is 1. The highest BCUT2D eigenvalue weighted by molar-refractivity contribution is 8.01. The lowest BCUT2D eigenvalue weighted by molar-refractivity contribution is -0.151. The van der Waals surface area contributed by atoms with Crippen molar-refractivity contribution in [3.05, 3.63) is 24.3 Å². The summed E-state index contributed by atoms with van der Waals surface area (Å²) in [5.41, 5.74) is 6.39. The number of hydrogen-bond acceptors (Lipinski definition) is 5. The van der Waals surface area contributed by atoms with Gasteiger partial charge in [0.15, 0.2) is 0 Å². The number of nitrogens with two attached hydrogens (primary N) is 1. The molecule has 1 unspecified atom stereocenters. The van der Waals surface area contributed by atoms with E-state index in [1.54, 1.807) is 31.2 Å². The summed E-state index contributed by atoms with van der Waals surface area (Å²) >= 11 is 1.24. The van der Waals surface area contributed by atoms with Gasteiger partial charge in [0.05, 0.1) is 11.0 Å². The number of anilines is 2. The summed E-state index contributed by atoms with van der Waals surface area (Å²) in [4.78, 5) is 23.6. The Bertz CT molecular complexity index is 495. The molecule has 0 radical (unpaired) electrons. The Morgan fingerprint density at radius 1 is 1.29 bits per heavy atom. The second-order valence-corrected chi connectivity index (χ2v) is 6.98. The van der Waals surface area contributed by atoms with Crippen molar-refractivity contribution < 1.29 is 14.3 Å². The first-order valence-corrected chi connectivity index (χ1v) is 7.72. The third-order valence-electron chi connectivity index (χ3n) is 2.42. The van der Waals surface area contributed by atoms with Crippen LogP contribution in [0.5, 0.6) is 0 Å². The van der Waals surface area contributed by atoms with Gasteiger partial charge in [0.1, 0.15) is 5.60 Å². The first-order valence-electron chi connectivity index (χ1n) is 6.67. The smallest absolute Gasteiger partial charge is 0.316 e. The average Bonchev–Trinajstić information content (AvgIpc) is 2.36. The van der Waals surface area contributed by atoms with E-state index >= 15 is 0 Å². The Kier molecular flexibility index (Phi) is 6.08. The molecule has 0 spiro atoms. The van der Waals surface area contributed by atoms with Crippen molar-refractivity contribution in [1.29, 1.82) is 0 Å². The molecule has 5 nitrogen and oxygen atoms in total. The molecule has 1 rings (SSSR count). The molecule has 0 heterocycles. The fraction of sp³-hybridized carbons (Fsp3) is 0.467. The summed E-state index contributed by atoms with van der Waals surface area (Å²) in [5.74, 6) is -0.332. The molecule has 0 aliphatic carbocycles. The van der Waals surface area contributed by atoms with Crippen LogP contribution in [0, 0.1) is 0 Å². The summed E-state index contributed by atoms with van der Waals surface area (Å²) in [6.07, 6.45) is 0.